The van der Waals surface area contributed by atoms with Gasteiger partial charge in [-0.05, 0) is 72.5 Å². The van der Waals surface area contributed by atoms with Crippen molar-refractivity contribution >= 4 is 29.1 Å². The minimum absolute atomic E-state index is 0. The highest BCUT2D eigenvalue weighted by Crippen LogP contribution is 2.09. The molecule has 10 nitrogen and oxygen atoms in total. The van der Waals surface area contributed by atoms with E-state index < -0.39 is 17.9 Å². The number of nitrogens with one attached hydrogen (secondary N) is 4. The maximum atomic E-state index is 12.2. The van der Waals surface area contributed by atoms with Crippen molar-refractivity contribution in [1.82, 2.24) is 15.8 Å². The first kappa shape index (κ1) is 29.1. The molecule has 10 heteroatoms. The highest BCUT2D eigenvalue weighted by Gasteiger charge is 2.19. The molecule has 3 rings (SSSR count). The number of hydrogen-bond acceptors (Lipinski definition) is 7. The topological polar surface area (TPSA) is 158 Å². The van der Waals surface area contributed by atoms with Crippen molar-refractivity contribution in [3.05, 3.63) is 89.7 Å². The molecule has 1 aromatic heterocycles. The number of carbonyl (C=O) groups is 3. The molecule has 0 fully saturated rings. The molecule has 0 unspecified atom stereocenters. The zero-order valence-corrected chi connectivity index (χ0v) is 19.6. The Morgan fingerprint density at radius 3 is 2.00 bits per heavy atom. The van der Waals surface area contributed by atoms with Gasteiger partial charge in [0.05, 0.1) is 6.54 Å². The van der Waals surface area contributed by atoms with Crippen LogP contribution in [-0.4, -0.2) is 47.0 Å². The molecule has 0 radical (unpaired) electrons. The van der Waals surface area contributed by atoms with Gasteiger partial charge < -0.3 is 21.7 Å². The number of pyridine rings is 1. The lowest BCUT2D eigenvalue weighted by Crippen LogP contribution is -2.50. The smallest absolute Gasteiger partial charge is 0.267 e. The number of nitrogens with two attached hydrogens (primary N) is 1. The Balaban J connectivity index is 0.00000507. The van der Waals surface area contributed by atoms with Crippen LogP contribution in [0.5, 0.6) is 0 Å². The fourth-order valence-electron chi connectivity index (χ4n) is 2.96. The first-order valence-electron chi connectivity index (χ1n) is 11.1. The zero-order chi connectivity index (χ0) is 26.5. The van der Waals surface area contributed by atoms with Crippen molar-refractivity contribution in [1.29, 1.82) is 0 Å². The second-order valence-electron chi connectivity index (χ2n) is 7.53. The van der Waals surface area contributed by atoms with Crippen LogP contribution >= 0.6 is 0 Å². The van der Waals surface area contributed by atoms with Crippen LogP contribution in [0.3, 0.4) is 0 Å². The lowest BCUT2D eigenvalue weighted by atomic mass is 10.1. The first-order valence-corrected chi connectivity index (χ1v) is 11.1. The normalized spacial score (nSPS) is 10.2. The van der Waals surface area contributed by atoms with Crippen LogP contribution in [0.4, 0.5) is 11.4 Å². The van der Waals surface area contributed by atoms with Gasteiger partial charge in [-0.2, -0.15) is 0 Å². The fraction of sp³-hybridized carbons (Fsp3) is 0.143. The molecule has 7 N–H and O–H groups in total. The summed E-state index contributed by atoms with van der Waals surface area (Å²) in [5, 5.41) is 16.9. The number of anilines is 2. The van der Waals surface area contributed by atoms with Gasteiger partial charge in [-0.3, -0.25) is 24.6 Å². The van der Waals surface area contributed by atoms with E-state index in [0.717, 1.165) is 11.3 Å². The molecular formula is C28H28N6O4. The van der Waals surface area contributed by atoms with E-state index in [2.05, 4.69) is 44.6 Å². The predicted octanol–water partition coefficient (Wildman–Crippen LogP) is 1.73. The molecule has 0 saturated heterocycles. The van der Waals surface area contributed by atoms with Crippen molar-refractivity contribution in [2.24, 2.45) is 5.73 Å². The Morgan fingerprint density at radius 2 is 1.45 bits per heavy atom. The molecule has 1 atom stereocenters. The van der Waals surface area contributed by atoms with Gasteiger partial charge in [-0.25, -0.2) is 5.48 Å². The number of carbonyl (C=O) groups excluding carboxylic acids is 3. The standard InChI is InChI=1S/C27H24N6O4.CH4/c28-17-24(27(36)33-37)32-26(35)21-9-5-19(6-10-21)3-1-2-4-20-7-11-23(12-8-20)31-25(34)18-30-22-13-15-29-16-14-22;/h5-16,24,37H,17-18,28H2,(H,29,30)(H,31,34)(H,32,35)(H,33,36);1H4/t24-;/m0./s1. The molecule has 3 amide bonds. The predicted molar refractivity (Wildman–Crippen MR) is 145 cm³/mol. The maximum absolute atomic E-state index is 12.2. The average molecular weight is 513 g/mol. The molecule has 0 aliphatic rings. The summed E-state index contributed by atoms with van der Waals surface area (Å²) in [6.07, 6.45) is 3.29. The quantitative estimate of drug-likeness (QED) is 0.152. The van der Waals surface area contributed by atoms with Gasteiger partial charge in [0, 0.05) is 47.0 Å². The summed E-state index contributed by atoms with van der Waals surface area (Å²) in [7, 11) is 0. The van der Waals surface area contributed by atoms with Gasteiger partial charge in [0.25, 0.3) is 11.8 Å². The van der Waals surface area contributed by atoms with Crippen molar-refractivity contribution < 1.29 is 19.6 Å². The van der Waals surface area contributed by atoms with Gasteiger partial charge in [0.2, 0.25) is 5.91 Å². The first-order chi connectivity index (χ1) is 18.0. The molecule has 194 valence electrons. The second kappa shape index (κ2) is 15.1. The van der Waals surface area contributed by atoms with Crippen molar-refractivity contribution in [2.45, 2.75) is 13.5 Å². The Labute approximate surface area is 221 Å². The summed E-state index contributed by atoms with van der Waals surface area (Å²) in [5.74, 6) is 9.83. The Hall–Kier alpha value is -5.16. The van der Waals surface area contributed by atoms with E-state index in [-0.39, 0.29) is 26.4 Å². The molecule has 0 aliphatic carbocycles. The Morgan fingerprint density at radius 1 is 0.868 bits per heavy atom. The van der Waals surface area contributed by atoms with Crippen molar-refractivity contribution in [2.75, 3.05) is 23.7 Å². The van der Waals surface area contributed by atoms with E-state index in [4.69, 9.17) is 10.9 Å². The highest BCUT2D eigenvalue weighted by molar-refractivity contribution is 5.97. The molecule has 0 bridgehead atoms. The number of amides is 3. The summed E-state index contributed by atoms with van der Waals surface area (Å²) in [5.41, 5.74) is 10.0. The number of aromatic nitrogens is 1. The molecule has 0 spiro atoms. The molecule has 1 heterocycles. The van der Waals surface area contributed by atoms with Crippen LogP contribution in [0.1, 0.15) is 28.9 Å². The van der Waals surface area contributed by atoms with Crippen LogP contribution in [0, 0.1) is 23.7 Å². The monoisotopic (exact) mass is 512 g/mol. The van der Waals surface area contributed by atoms with Gasteiger partial charge in [-0.1, -0.05) is 19.3 Å². The summed E-state index contributed by atoms with van der Waals surface area (Å²) in [4.78, 5) is 39.7. The average Bonchev–Trinajstić information content (AvgIpc) is 2.94. The fourth-order valence-corrected chi connectivity index (χ4v) is 2.96. The van der Waals surface area contributed by atoms with Crippen LogP contribution in [0.2, 0.25) is 0 Å². The van der Waals surface area contributed by atoms with Crippen LogP contribution < -0.4 is 27.2 Å². The van der Waals surface area contributed by atoms with E-state index >= 15 is 0 Å². The molecule has 3 aromatic rings. The number of benzene rings is 2. The Kier molecular flexibility index (Phi) is 11.5. The molecule has 2 aromatic carbocycles. The summed E-state index contributed by atoms with van der Waals surface area (Å²) >= 11 is 0. The van der Waals surface area contributed by atoms with E-state index in [0.29, 0.717) is 16.8 Å². The van der Waals surface area contributed by atoms with Gasteiger partial charge >= 0.3 is 0 Å². The lowest BCUT2D eigenvalue weighted by molar-refractivity contribution is -0.130. The minimum atomic E-state index is -1.05. The van der Waals surface area contributed by atoms with Gasteiger partial charge in [0.15, 0.2) is 0 Å². The molecular weight excluding hydrogens is 484 g/mol. The van der Waals surface area contributed by atoms with Crippen LogP contribution in [0.15, 0.2) is 73.1 Å². The second-order valence-corrected chi connectivity index (χ2v) is 7.53. The number of nitrogens with zero attached hydrogens (tertiary/aromatic N) is 1. The number of hydrogen-bond donors (Lipinski definition) is 6. The van der Waals surface area contributed by atoms with Crippen LogP contribution in [0.25, 0.3) is 0 Å². The highest BCUT2D eigenvalue weighted by atomic mass is 16.5. The van der Waals surface area contributed by atoms with Gasteiger partial charge in [0.1, 0.15) is 6.04 Å². The summed E-state index contributed by atoms with van der Waals surface area (Å²) in [6.45, 7) is -0.0376. The zero-order valence-electron chi connectivity index (χ0n) is 19.6. The Bertz CT molecular complexity index is 1350. The number of rotatable bonds is 8. The van der Waals surface area contributed by atoms with Crippen molar-refractivity contribution in [3.63, 3.8) is 0 Å². The molecule has 0 saturated carbocycles. The van der Waals surface area contributed by atoms with Crippen LogP contribution in [-0.2, 0) is 9.59 Å². The largest absolute Gasteiger partial charge is 0.376 e. The summed E-state index contributed by atoms with van der Waals surface area (Å²) < 4.78 is 0. The van der Waals surface area contributed by atoms with E-state index in [1.807, 2.05) is 0 Å². The minimum Gasteiger partial charge on any atom is -0.376 e. The van der Waals surface area contributed by atoms with E-state index in [9.17, 15) is 14.4 Å². The third kappa shape index (κ3) is 9.13. The van der Waals surface area contributed by atoms with E-state index in [1.165, 1.54) is 5.48 Å². The third-order valence-corrected chi connectivity index (χ3v) is 4.89. The lowest BCUT2D eigenvalue weighted by Gasteiger charge is -2.14. The van der Waals surface area contributed by atoms with E-state index in [1.54, 1.807) is 73.1 Å². The summed E-state index contributed by atoms with van der Waals surface area (Å²) in [6, 6.07) is 16.0. The number of hydroxylamine groups is 1. The third-order valence-electron chi connectivity index (χ3n) is 4.89. The van der Waals surface area contributed by atoms with Crippen molar-refractivity contribution in [3.8, 4) is 23.7 Å². The molecule has 0 aliphatic heterocycles. The SMILES string of the molecule is C.NC[C@H](NC(=O)c1ccc(C#CC#Cc2ccc(NC(=O)CNc3ccncc3)cc2)cc1)C(=O)NO. The maximum Gasteiger partial charge on any atom is 0.267 e. The van der Waals surface area contributed by atoms with Gasteiger partial charge in [-0.15, -0.1) is 0 Å². The molecule has 38 heavy (non-hydrogen) atoms.